The van der Waals surface area contributed by atoms with Gasteiger partial charge in [0.1, 0.15) is 5.75 Å². The number of guanidine groups is 1. The number of methoxy groups -OCH3 is 1. The first kappa shape index (κ1) is 25.0. The van der Waals surface area contributed by atoms with E-state index in [-0.39, 0.29) is 30.6 Å². The van der Waals surface area contributed by atoms with Crippen LogP contribution in [0.3, 0.4) is 0 Å². The van der Waals surface area contributed by atoms with Crippen LogP contribution in [0.15, 0.2) is 29.3 Å². The van der Waals surface area contributed by atoms with Crippen LogP contribution in [-0.4, -0.2) is 44.4 Å². The molecule has 150 valence electrons. The van der Waals surface area contributed by atoms with Crippen molar-refractivity contribution >= 4 is 29.9 Å². The SMILES string of the molecule is CCNC(=NCC(CCO)CC(C)C)NCCc1ccccc1OC.I. The second kappa shape index (κ2) is 15.1. The van der Waals surface area contributed by atoms with E-state index in [1.165, 1.54) is 5.56 Å². The van der Waals surface area contributed by atoms with Gasteiger partial charge in [0, 0.05) is 26.2 Å². The number of ether oxygens (including phenoxy) is 1. The summed E-state index contributed by atoms with van der Waals surface area (Å²) in [6.07, 6.45) is 2.77. The van der Waals surface area contributed by atoms with Crippen LogP contribution in [0.25, 0.3) is 0 Å². The molecule has 26 heavy (non-hydrogen) atoms. The van der Waals surface area contributed by atoms with E-state index in [0.29, 0.717) is 11.8 Å². The largest absolute Gasteiger partial charge is 0.496 e. The minimum atomic E-state index is 0. The zero-order chi connectivity index (χ0) is 18.5. The van der Waals surface area contributed by atoms with E-state index >= 15 is 0 Å². The number of para-hydroxylation sites is 1. The number of aliphatic hydroxyl groups is 1. The maximum atomic E-state index is 9.24. The van der Waals surface area contributed by atoms with Gasteiger partial charge in [0.05, 0.1) is 7.11 Å². The number of nitrogens with one attached hydrogen (secondary N) is 2. The Kier molecular flexibility index (Phi) is 14.5. The molecule has 0 aliphatic rings. The van der Waals surface area contributed by atoms with Gasteiger partial charge in [-0.1, -0.05) is 32.0 Å². The van der Waals surface area contributed by atoms with Gasteiger partial charge in [-0.25, -0.2) is 0 Å². The fourth-order valence-corrected chi connectivity index (χ4v) is 2.92. The lowest BCUT2D eigenvalue weighted by Crippen LogP contribution is -2.38. The van der Waals surface area contributed by atoms with E-state index in [1.54, 1.807) is 7.11 Å². The quantitative estimate of drug-likeness (QED) is 0.260. The highest BCUT2D eigenvalue weighted by Crippen LogP contribution is 2.17. The molecule has 0 fully saturated rings. The predicted octanol–water partition coefficient (Wildman–Crippen LogP) is 3.46. The maximum Gasteiger partial charge on any atom is 0.191 e. The van der Waals surface area contributed by atoms with Crippen molar-refractivity contribution in [1.29, 1.82) is 0 Å². The zero-order valence-corrected chi connectivity index (χ0v) is 19.0. The average molecular weight is 477 g/mol. The van der Waals surface area contributed by atoms with Crippen molar-refractivity contribution in [3.05, 3.63) is 29.8 Å². The summed E-state index contributed by atoms with van der Waals surface area (Å²) in [6.45, 7) is 9.08. The van der Waals surface area contributed by atoms with Gasteiger partial charge < -0.3 is 20.5 Å². The summed E-state index contributed by atoms with van der Waals surface area (Å²) in [4.78, 5) is 4.71. The molecule has 0 saturated heterocycles. The zero-order valence-electron chi connectivity index (χ0n) is 16.6. The summed E-state index contributed by atoms with van der Waals surface area (Å²) < 4.78 is 5.40. The van der Waals surface area contributed by atoms with E-state index < -0.39 is 0 Å². The van der Waals surface area contributed by atoms with Crippen molar-refractivity contribution in [3.8, 4) is 5.75 Å². The molecule has 0 aliphatic carbocycles. The molecular weight excluding hydrogens is 441 g/mol. The van der Waals surface area contributed by atoms with Crippen molar-refractivity contribution in [1.82, 2.24) is 10.6 Å². The second-order valence-corrected chi connectivity index (χ2v) is 6.72. The van der Waals surface area contributed by atoms with Crippen LogP contribution in [0.5, 0.6) is 5.75 Å². The molecule has 0 saturated carbocycles. The Morgan fingerprint density at radius 3 is 2.58 bits per heavy atom. The number of hydrogen-bond donors (Lipinski definition) is 3. The first-order valence-corrected chi connectivity index (χ1v) is 9.35. The van der Waals surface area contributed by atoms with Crippen molar-refractivity contribution < 1.29 is 9.84 Å². The Morgan fingerprint density at radius 2 is 1.96 bits per heavy atom. The van der Waals surface area contributed by atoms with E-state index in [1.807, 2.05) is 18.2 Å². The van der Waals surface area contributed by atoms with E-state index in [4.69, 9.17) is 9.73 Å². The number of hydrogen-bond acceptors (Lipinski definition) is 3. The summed E-state index contributed by atoms with van der Waals surface area (Å²) in [5.74, 6) is 2.80. The van der Waals surface area contributed by atoms with Crippen molar-refractivity contribution in [2.75, 3.05) is 33.4 Å². The van der Waals surface area contributed by atoms with Gasteiger partial charge in [-0.05, 0) is 49.7 Å². The molecule has 0 aliphatic heterocycles. The molecule has 0 amide bonds. The van der Waals surface area contributed by atoms with Gasteiger partial charge in [-0.2, -0.15) is 0 Å². The first-order valence-electron chi connectivity index (χ1n) is 9.35. The highest BCUT2D eigenvalue weighted by molar-refractivity contribution is 14.0. The lowest BCUT2D eigenvalue weighted by molar-refractivity contribution is 0.245. The number of rotatable bonds is 11. The summed E-state index contributed by atoms with van der Waals surface area (Å²) in [5, 5.41) is 15.9. The number of aliphatic imine (C=N–C) groups is 1. The van der Waals surface area contributed by atoms with Gasteiger partial charge >= 0.3 is 0 Å². The molecule has 1 aromatic rings. The molecule has 1 rings (SSSR count). The predicted molar refractivity (Wildman–Crippen MR) is 121 cm³/mol. The molecular formula is C20H36IN3O2. The second-order valence-electron chi connectivity index (χ2n) is 6.72. The Balaban J connectivity index is 0.00000625. The van der Waals surface area contributed by atoms with Crippen LogP contribution >= 0.6 is 24.0 Å². The third kappa shape index (κ3) is 10.2. The molecule has 0 aromatic heterocycles. The molecule has 5 nitrogen and oxygen atoms in total. The van der Waals surface area contributed by atoms with Crippen LogP contribution in [0.4, 0.5) is 0 Å². The summed E-state index contributed by atoms with van der Waals surface area (Å²) in [7, 11) is 1.70. The summed E-state index contributed by atoms with van der Waals surface area (Å²) >= 11 is 0. The molecule has 0 radical (unpaired) electrons. The van der Waals surface area contributed by atoms with Gasteiger partial charge in [-0.15, -0.1) is 24.0 Å². The Hall–Kier alpha value is -1.02. The third-order valence-corrected chi connectivity index (χ3v) is 4.07. The minimum Gasteiger partial charge on any atom is -0.496 e. The van der Waals surface area contributed by atoms with Crippen molar-refractivity contribution in [2.45, 2.75) is 40.0 Å². The van der Waals surface area contributed by atoms with Crippen molar-refractivity contribution in [3.63, 3.8) is 0 Å². The van der Waals surface area contributed by atoms with E-state index in [0.717, 1.165) is 50.6 Å². The standard InChI is InChI=1S/C20H35N3O2.HI/c1-5-21-20(23-15-17(11-13-24)14-16(2)3)22-12-10-18-8-6-7-9-19(18)25-4;/h6-9,16-17,24H,5,10-15H2,1-4H3,(H2,21,22,23);1H. The smallest absolute Gasteiger partial charge is 0.191 e. The molecule has 0 spiro atoms. The summed E-state index contributed by atoms with van der Waals surface area (Å²) in [6, 6.07) is 8.09. The lowest BCUT2D eigenvalue weighted by Gasteiger charge is -2.17. The molecule has 0 bridgehead atoms. The fourth-order valence-electron chi connectivity index (χ4n) is 2.92. The van der Waals surface area contributed by atoms with E-state index in [2.05, 4.69) is 37.5 Å². The third-order valence-electron chi connectivity index (χ3n) is 4.07. The van der Waals surface area contributed by atoms with E-state index in [9.17, 15) is 5.11 Å². The minimum absolute atomic E-state index is 0. The number of aliphatic hydroxyl groups excluding tert-OH is 1. The Morgan fingerprint density at radius 1 is 1.23 bits per heavy atom. The number of benzene rings is 1. The number of halogens is 1. The van der Waals surface area contributed by atoms with Crippen molar-refractivity contribution in [2.24, 2.45) is 16.8 Å². The average Bonchev–Trinajstić information content (AvgIpc) is 2.59. The first-order chi connectivity index (χ1) is 12.1. The van der Waals surface area contributed by atoms with Crippen LogP contribution in [0.1, 0.15) is 39.2 Å². The van der Waals surface area contributed by atoms with Crippen LogP contribution in [0.2, 0.25) is 0 Å². The van der Waals surface area contributed by atoms with Gasteiger partial charge in [0.25, 0.3) is 0 Å². The molecule has 1 aromatic carbocycles. The number of nitrogens with zero attached hydrogens (tertiary/aromatic N) is 1. The normalized spacial score (nSPS) is 12.5. The molecule has 3 N–H and O–H groups in total. The Bertz CT molecular complexity index is 510. The monoisotopic (exact) mass is 477 g/mol. The van der Waals surface area contributed by atoms with Crippen LogP contribution in [-0.2, 0) is 6.42 Å². The maximum absolute atomic E-state index is 9.24. The molecule has 1 atom stereocenters. The summed E-state index contributed by atoms with van der Waals surface area (Å²) in [5.41, 5.74) is 1.19. The van der Waals surface area contributed by atoms with Crippen LogP contribution < -0.4 is 15.4 Å². The highest BCUT2D eigenvalue weighted by Gasteiger charge is 2.10. The van der Waals surface area contributed by atoms with Crippen LogP contribution in [0, 0.1) is 11.8 Å². The fraction of sp³-hybridized carbons (Fsp3) is 0.650. The van der Waals surface area contributed by atoms with Gasteiger partial charge in [-0.3, -0.25) is 4.99 Å². The Labute approximate surface area is 176 Å². The van der Waals surface area contributed by atoms with Gasteiger partial charge in [0.15, 0.2) is 5.96 Å². The lowest BCUT2D eigenvalue weighted by atomic mass is 9.94. The topological polar surface area (TPSA) is 65.9 Å². The molecule has 6 heteroatoms. The highest BCUT2D eigenvalue weighted by atomic mass is 127. The van der Waals surface area contributed by atoms with Gasteiger partial charge in [0.2, 0.25) is 0 Å². The molecule has 1 unspecified atom stereocenters. The molecule has 0 heterocycles.